The van der Waals surface area contributed by atoms with Crippen LogP contribution < -0.4 is 15.4 Å². The van der Waals surface area contributed by atoms with Crippen molar-refractivity contribution < 1.29 is 27.1 Å². The first kappa shape index (κ1) is 21.5. The van der Waals surface area contributed by atoms with Gasteiger partial charge in [-0.2, -0.15) is 13.2 Å². The zero-order chi connectivity index (χ0) is 20.2. The van der Waals surface area contributed by atoms with Crippen molar-refractivity contribution >= 4 is 5.96 Å². The second kappa shape index (κ2) is 11.2. The third-order valence-electron chi connectivity index (χ3n) is 3.45. The molecule has 0 aliphatic rings. The van der Waals surface area contributed by atoms with Crippen LogP contribution in [0, 0.1) is 0 Å². The first-order valence-electron chi connectivity index (χ1n) is 8.65. The summed E-state index contributed by atoms with van der Waals surface area (Å²) in [5.74, 6) is 1.32. The van der Waals surface area contributed by atoms with Crippen LogP contribution in [0.1, 0.15) is 17.7 Å². The summed E-state index contributed by atoms with van der Waals surface area (Å²) >= 11 is 0. The molecule has 0 aliphatic carbocycles. The van der Waals surface area contributed by atoms with Crippen molar-refractivity contribution in [1.29, 1.82) is 0 Å². The minimum atomic E-state index is -4.39. The van der Waals surface area contributed by atoms with E-state index >= 15 is 0 Å². The smallest absolute Gasteiger partial charge is 0.422 e. The Labute approximate surface area is 161 Å². The normalized spacial score (nSPS) is 12.1. The summed E-state index contributed by atoms with van der Waals surface area (Å²) in [6.45, 7) is 0.741. The molecule has 2 heterocycles. The van der Waals surface area contributed by atoms with Gasteiger partial charge >= 0.3 is 6.18 Å². The summed E-state index contributed by atoms with van der Waals surface area (Å²) in [7, 11) is 1.65. The summed E-state index contributed by atoms with van der Waals surface area (Å²) in [4.78, 5) is 7.96. The van der Waals surface area contributed by atoms with E-state index in [0.29, 0.717) is 32.3 Å². The fourth-order valence-corrected chi connectivity index (χ4v) is 2.11. The van der Waals surface area contributed by atoms with Gasteiger partial charge in [0.2, 0.25) is 5.88 Å². The zero-order valence-corrected chi connectivity index (χ0v) is 15.5. The standard InChI is InChI=1S/C18H23F3N4O3/c1-22-17(23-7-3-8-26-12-15-4-2-9-27-15)25-11-14-5-6-16(24-10-14)28-13-18(19,20)21/h2,4-6,9-10H,3,7-8,11-13H2,1H3,(H2,22,23,25). The predicted molar refractivity (Wildman–Crippen MR) is 97.0 cm³/mol. The summed E-state index contributed by atoms with van der Waals surface area (Å²) < 4.78 is 51.6. The van der Waals surface area contributed by atoms with Gasteiger partial charge in [-0.05, 0) is 24.1 Å². The largest absolute Gasteiger partial charge is 0.468 e. The van der Waals surface area contributed by atoms with E-state index in [1.807, 2.05) is 12.1 Å². The number of nitrogens with zero attached hydrogens (tertiary/aromatic N) is 2. The number of hydrogen-bond donors (Lipinski definition) is 2. The van der Waals surface area contributed by atoms with Gasteiger partial charge in [-0.1, -0.05) is 6.07 Å². The van der Waals surface area contributed by atoms with E-state index in [-0.39, 0.29) is 5.88 Å². The Bertz CT molecular complexity index is 704. The number of hydrogen-bond acceptors (Lipinski definition) is 5. The average Bonchev–Trinajstić information content (AvgIpc) is 3.19. The van der Waals surface area contributed by atoms with Crippen molar-refractivity contribution in [1.82, 2.24) is 15.6 Å². The number of halogens is 3. The van der Waals surface area contributed by atoms with Gasteiger partial charge < -0.3 is 24.5 Å². The Hall–Kier alpha value is -2.75. The van der Waals surface area contributed by atoms with Crippen LogP contribution in [0.3, 0.4) is 0 Å². The predicted octanol–water partition coefficient (Wildman–Crippen LogP) is 2.89. The maximum Gasteiger partial charge on any atom is 0.422 e. The van der Waals surface area contributed by atoms with Crippen molar-refractivity contribution in [3.63, 3.8) is 0 Å². The van der Waals surface area contributed by atoms with E-state index in [2.05, 4.69) is 25.3 Å². The van der Waals surface area contributed by atoms with E-state index in [0.717, 1.165) is 17.7 Å². The molecule has 2 rings (SSSR count). The topological polar surface area (TPSA) is 80.9 Å². The number of aromatic nitrogens is 1. The molecule has 0 saturated heterocycles. The van der Waals surface area contributed by atoms with E-state index in [1.54, 1.807) is 19.4 Å². The van der Waals surface area contributed by atoms with Crippen LogP contribution in [0.4, 0.5) is 13.2 Å². The lowest BCUT2D eigenvalue weighted by molar-refractivity contribution is -0.154. The molecule has 0 bridgehead atoms. The number of furan rings is 1. The van der Waals surface area contributed by atoms with Crippen molar-refractivity contribution in [2.45, 2.75) is 25.7 Å². The van der Waals surface area contributed by atoms with Gasteiger partial charge in [0, 0.05) is 39.0 Å². The number of rotatable bonds is 10. The first-order chi connectivity index (χ1) is 13.5. The second-order valence-electron chi connectivity index (χ2n) is 5.75. The highest BCUT2D eigenvalue weighted by Gasteiger charge is 2.28. The average molecular weight is 400 g/mol. The highest BCUT2D eigenvalue weighted by atomic mass is 19.4. The number of aliphatic imine (C=N–C) groups is 1. The molecule has 0 fully saturated rings. The SMILES string of the molecule is CN=C(NCCCOCc1ccco1)NCc1ccc(OCC(F)(F)F)nc1. The molecule has 7 nitrogen and oxygen atoms in total. The fraction of sp³-hybridized carbons (Fsp3) is 0.444. The molecular weight excluding hydrogens is 377 g/mol. The second-order valence-corrected chi connectivity index (χ2v) is 5.75. The van der Waals surface area contributed by atoms with Gasteiger partial charge in [-0.3, -0.25) is 4.99 Å². The van der Waals surface area contributed by atoms with Crippen molar-refractivity contribution in [2.75, 3.05) is 26.8 Å². The number of ether oxygens (including phenoxy) is 2. The lowest BCUT2D eigenvalue weighted by Gasteiger charge is -2.12. The molecule has 154 valence electrons. The monoisotopic (exact) mass is 400 g/mol. The van der Waals surface area contributed by atoms with Crippen LogP contribution >= 0.6 is 0 Å². The van der Waals surface area contributed by atoms with Crippen molar-refractivity contribution in [3.05, 3.63) is 48.0 Å². The maximum absolute atomic E-state index is 12.1. The lowest BCUT2D eigenvalue weighted by atomic mass is 10.3. The Balaban J connectivity index is 1.60. The molecule has 2 aromatic rings. The number of alkyl halides is 3. The number of guanidine groups is 1. The first-order valence-corrected chi connectivity index (χ1v) is 8.65. The Morgan fingerprint density at radius 1 is 1.25 bits per heavy atom. The highest BCUT2D eigenvalue weighted by Crippen LogP contribution is 2.16. The van der Waals surface area contributed by atoms with Gasteiger partial charge in [0.1, 0.15) is 12.4 Å². The molecule has 0 aliphatic heterocycles. The Morgan fingerprint density at radius 3 is 2.75 bits per heavy atom. The molecule has 0 amide bonds. The van der Waals surface area contributed by atoms with Crippen LogP contribution in [-0.2, 0) is 17.9 Å². The summed E-state index contributed by atoms with van der Waals surface area (Å²) in [5.41, 5.74) is 0.782. The molecule has 28 heavy (non-hydrogen) atoms. The fourth-order valence-electron chi connectivity index (χ4n) is 2.11. The molecule has 2 aromatic heterocycles. The van der Waals surface area contributed by atoms with E-state index in [4.69, 9.17) is 9.15 Å². The van der Waals surface area contributed by atoms with Crippen molar-refractivity contribution in [2.24, 2.45) is 4.99 Å². The van der Waals surface area contributed by atoms with Gasteiger partial charge in [0.25, 0.3) is 0 Å². The molecular formula is C18H23F3N4O3. The van der Waals surface area contributed by atoms with Crippen molar-refractivity contribution in [3.8, 4) is 5.88 Å². The number of nitrogens with one attached hydrogen (secondary N) is 2. The van der Waals surface area contributed by atoms with Gasteiger partial charge in [0.15, 0.2) is 12.6 Å². The molecule has 10 heteroatoms. The van der Waals surface area contributed by atoms with Crippen LogP contribution in [0.15, 0.2) is 46.1 Å². The minimum Gasteiger partial charge on any atom is -0.468 e. The molecule has 0 spiro atoms. The number of pyridine rings is 1. The molecule has 2 N–H and O–H groups in total. The highest BCUT2D eigenvalue weighted by molar-refractivity contribution is 5.79. The van der Waals surface area contributed by atoms with Crippen LogP contribution in [-0.4, -0.2) is 43.9 Å². The van der Waals surface area contributed by atoms with Gasteiger partial charge in [-0.15, -0.1) is 0 Å². The lowest BCUT2D eigenvalue weighted by Crippen LogP contribution is -2.37. The summed E-state index contributed by atoms with van der Waals surface area (Å²) in [6.07, 6.45) is -0.541. The Morgan fingerprint density at radius 2 is 2.11 bits per heavy atom. The molecule has 0 atom stereocenters. The quantitative estimate of drug-likeness (QED) is 0.363. The third kappa shape index (κ3) is 8.76. The van der Waals surface area contributed by atoms with E-state index in [1.165, 1.54) is 12.3 Å². The van der Waals surface area contributed by atoms with E-state index in [9.17, 15) is 13.2 Å². The minimum absolute atomic E-state index is 0.0712. The van der Waals surface area contributed by atoms with Crippen LogP contribution in [0.2, 0.25) is 0 Å². The van der Waals surface area contributed by atoms with E-state index < -0.39 is 12.8 Å². The van der Waals surface area contributed by atoms with Crippen LogP contribution in [0.25, 0.3) is 0 Å². The van der Waals surface area contributed by atoms with Gasteiger partial charge in [-0.25, -0.2) is 4.98 Å². The maximum atomic E-state index is 12.1. The summed E-state index contributed by atoms with van der Waals surface area (Å²) in [5, 5.41) is 6.24. The van der Waals surface area contributed by atoms with Crippen LogP contribution in [0.5, 0.6) is 5.88 Å². The third-order valence-corrected chi connectivity index (χ3v) is 3.45. The molecule has 0 saturated carbocycles. The Kier molecular flexibility index (Phi) is 8.60. The molecule has 0 aromatic carbocycles. The zero-order valence-electron chi connectivity index (χ0n) is 15.5. The molecule has 0 radical (unpaired) electrons. The van der Waals surface area contributed by atoms with Gasteiger partial charge in [0.05, 0.1) is 6.26 Å². The molecule has 0 unspecified atom stereocenters. The summed E-state index contributed by atoms with van der Waals surface area (Å²) in [6, 6.07) is 6.71.